The number of alkyl halides is 3. The Kier molecular flexibility index (Phi) is 4.30. The first-order valence-electron chi connectivity index (χ1n) is 6.17. The molecular weight excluding hydrogens is 275 g/mol. The summed E-state index contributed by atoms with van der Waals surface area (Å²) in [5.74, 6) is 0. The molecule has 0 aliphatic heterocycles. The zero-order valence-corrected chi connectivity index (χ0v) is 11.4. The molecule has 0 amide bonds. The average molecular weight is 291 g/mol. The molecule has 19 heavy (non-hydrogen) atoms. The summed E-state index contributed by atoms with van der Waals surface area (Å²) in [6.07, 6.45) is -1.93. The molecule has 1 N–H and O–H groups in total. The lowest BCUT2D eigenvalue weighted by Crippen LogP contribution is -2.23. The summed E-state index contributed by atoms with van der Waals surface area (Å²) < 4.78 is 50.2. The number of hydrogen-bond acceptors (Lipinski definition) is 2. The molecule has 106 valence electrons. The lowest BCUT2D eigenvalue weighted by molar-refractivity contribution is -0.137. The van der Waals surface area contributed by atoms with Gasteiger partial charge in [-0.05, 0) is 44.5 Å². The van der Waals surface area contributed by atoms with Crippen LogP contribution in [-0.4, -0.2) is 22.5 Å². The zero-order chi connectivity index (χ0) is 14.0. The van der Waals surface area contributed by atoms with Crippen LogP contribution in [0.2, 0.25) is 0 Å². The van der Waals surface area contributed by atoms with Crippen LogP contribution in [0.1, 0.15) is 24.8 Å². The zero-order valence-electron chi connectivity index (χ0n) is 10.5. The number of benzene rings is 1. The fourth-order valence-electron chi connectivity index (χ4n) is 2.39. The third kappa shape index (κ3) is 3.36. The summed E-state index contributed by atoms with van der Waals surface area (Å²) >= 11 is 0. The fourth-order valence-corrected chi connectivity index (χ4v) is 3.98. The van der Waals surface area contributed by atoms with Crippen LogP contribution >= 0.6 is 0 Å². The number of hydrogen-bond donors (Lipinski definition) is 1. The third-order valence-corrected chi connectivity index (χ3v) is 5.24. The van der Waals surface area contributed by atoms with Gasteiger partial charge in [-0.3, -0.25) is 4.21 Å². The van der Waals surface area contributed by atoms with E-state index >= 15 is 0 Å². The molecule has 0 aromatic heterocycles. The Hall–Kier alpha value is -0.880. The van der Waals surface area contributed by atoms with E-state index in [9.17, 15) is 17.4 Å². The van der Waals surface area contributed by atoms with E-state index in [0.717, 1.165) is 31.4 Å². The average Bonchev–Trinajstić information content (AvgIpc) is 2.86. The summed E-state index contributed by atoms with van der Waals surface area (Å²) in [4.78, 5) is 0.275. The van der Waals surface area contributed by atoms with Crippen LogP contribution < -0.4 is 5.32 Å². The second-order valence-corrected chi connectivity index (χ2v) is 6.48. The first-order chi connectivity index (χ1) is 8.91. The first-order valence-corrected chi connectivity index (χ1v) is 7.38. The van der Waals surface area contributed by atoms with Crippen molar-refractivity contribution < 1.29 is 17.4 Å². The summed E-state index contributed by atoms with van der Waals surface area (Å²) in [5, 5.41) is 3.07. The minimum Gasteiger partial charge on any atom is -0.317 e. The van der Waals surface area contributed by atoms with E-state index in [-0.39, 0.29) is 10.1 Å². The van der Waals surface area contributed by atoms with Crippen LogP contribution in [0.5, 0.6) is 0 Å². The van der Waals surface area contributed by atoms with Gasteiger partial charge in [0.25, 0.3) is 0 Å². The smallest absolute Gasteiger partial charge is 0.317 e. The van der Waals surface area contributed by atoms with E-state index in [1.807, 2.05) is 7.05 Å². The van der Waals surface area contributed by atoms with Gasteiger partial charge in [0.2, 0.25) is 0 Å². The van der Waals surface area contributed by atoms with Crippen LogP contribution in [0, 0.1) is 0 Å². The molecule has 0 radical (unpaired) electrons. The summed E-state index contributed by atoms with van der Waals surface area (Å²) in [7, 11) is 0.481. The van der Waals surface area contributed by atoms with Crippen LogP contribution in [0.3, 0.4) is 0 Å². The predicted molar refractivity (Wildman–Crippen MR) is 68.3 cm³/mol. The normalized spacial score (nSPS) is 25.5. The maximum absolute atomic E-state index is 12.6. The first kappa shape index (κ1) is 14.5. The molecule has 0 spiro atoms. The highest BCUT2D eigenvalue weighted by Crippen LogP contribution is 2.32. The Balaban J connectivity index is 2.16. The monoisotopic (exact) mass is 291 g/mol. The number of halogens is 3. The molecule has 0 bridgehead atoms. The van der Waals surface area contributed by atoms with Crippen molar-refractivity contribution in [2.45, 2.75) is 41.6 Å². The Morgan fingerprint density at radius 1 is 1.32 bits per heavy atom. The van der Waals surface area contributed by atoms with Crippen LogP contribution in [0.15, 0.2) is 29.2 Å². The molecule has 0 saturated heterocycles. The minimum atomic E-state index is -4.39. The highest BCUT2D eigenvalue weighted by molar-refractivity contribution is 7.85. The fraction of sp³-hybridized carbons (Fsp3) is 0.538. The maximum atomic E-state index is 12.6. The van der Waals surface area contributed by atoms with Crippen molar-refractivity contribution in [3.05, 3.63) is 29.8 Å². The minimum absolute atomic E-state index is 0.0547. The molecule has 2 rings (SSSR count). The van der Waals surface area contributed by atoms with Crippen molar-refractivity contribution in [3.63, 3.8) is 0 Å². The van der Waals surface area contributed by atoms with Crippen molar-refractivity contribution >= 4 is 10.8 Å². The van der Waals surface area contributed by atoms with Gasteiger partial charge < -0.3 is 5.32 Å². The van der Waals surface area contributed by atoms with Gasteiger partial charge in [0.1, 0.15) is 0 Å². The summed E-state index contributed by atoms with van der Waals surface area (Å²) in [5.41, 5.74) is -0.735. The molecule has 1 aliphatic carbocycles. The molecule has 2 nitrogen and oxygen atoms in total. The molecule has 1 aliphatic rings. The maximum Gasteiger partial charge on any atom is 0.416 e. The molecule has 3 atom stereocenters. The second kappa shape index (κ2) is 5.63. The Morgan fingerprint density at radius 3 is 2.63 bits per heavy atom. The van der Waals surface area contributed by atoms with Crippen molar-refractivity contribution in [2.75, 3.05) is 7.05 Å². The molecule has 1 aromatic carbocycles. The number of nitrogens with one attached hydrogen (secondary N) is 1. The second-order valence-electron chi connectivity index (χ2n) is 4.74. The largest absolute Gasteiger partial charge is 0.416 e. The summed E-state index contributed by atoms with van der Waals surface area (Å²) in [6, 6.07) is 5.16. The number of rotatable bonds is 3. The van der Waals surface area contributed by atoms with E-state index in [4.69, 9.17) is 0 Å². The topological polar surface area (TPSA) is 29.1 Å². The van der Waals surface area contributed by atoms with Crippen molar-refractivity contribution in [2.24, 2.45) is 0 Å². The Bertz CT molecular complexity index is 475. The van der Waals surface area contributed by atoms with E-state index in [1.165, 1.54) is 12.1 Å². The van der Waals surface area contributed by atoms with Crippen molar-refractivity contribution in [1.29, 1.82) is 0 Å². The molecule has 6 heteroatoms. The van der Waals surface area contributed by atoms with E-state index in [2.05, 4.69) is 5.32 Å². The quantitative estimate of drug-likeness (QED) is 0.927. The lowest BCUT2D eigenvalue weighted by Gasteiger charge is -2.13. The molecule has 1 fully saturated rings. The SMILES string of the molecule is CNC1CCC(S(=O)c2cccc(C(F)(F)F)c2)C1. The van der Waals surface area contributed by atoms with Gasteiger partial charge in [0.15, 0.2) is 0 Å². The molecule has 0 heterocycles. The van der Waals surface area contributed by atoms with Gasteiger partial charge in [-0.15, -0.1) is 0 Å². The van der Waals surface area contributed by atoms with E-state index < -0.39 is 22.5 Å². The standard InChI is InChI=1S/C13H16F3NOS/c1-17-10-5-6-12(8-10)19(18)11-4-2-3-9(7-11)13(14,15)16/h2-4,7,10,12,17H,5-6,8H2,1H3. The van der Waals surface area contributed by atoms with E-state index in [1.54, 1.807) is 0 Å². The van der Waals surface area contributed by atoms with Crippen molar-refractivity contribution in [1.82, 2.24) is 5.32 Å². The van der Waals surface area contributed by atoms with Gasteiger partial charge in [0.05, 0.1) is 16.4 Å². The van der Waals surface area contributed by atoms with Gasteiger partial charge >= 0.3 is 6.18 Å². The van der Waals surface area contributed by atoms with Crippen LogP contribution in [0.25, 0.3) is 0 Å². The molecule has 1 saturated carbocycles. The third-order valence-electron chi connectivity index (χ3n) is 3.49. The predicted octanol–water partition coefficient (Wildman–Crippen LogP) is 2.95. The Labute approximate surface area is 112 Å². The van der Waals surface area contributed by atoms with Crippen LogP contribution in [0.4, 0.5) is 13.2 Å². The Morgan fingerprint density at radius 2 is 2.05 bits per heavy atom. The molecule has 3 unspecified atom stereocenters. The highest BCUT2D eigenvalue weighted by atomic mass is 32.2. The summed E-state index contributed by atoms with van der Waals surface area (Å²) in [6.45, 7) is 0. The highest BCUT2D eigenvalue weighted by Gasteiger charge is 2.33. The lowest BCUT2D eigenvalue weighted by atomic mass is 10.2. The van der Waals surface area contributed by atoms with Gasteiger partial charge in [-0.25, -0.2) is 0 Å². The van der Waals surface area contributed by atoms with Gasteiger partial charge in [-0.2, -0.15) is 13.2 Å². The van der Waals surface area contributed by atoms with Gasteiger partial charge in [0, 0.05) is 16.2 Å². The van der Waals surface area contributed by atoms with Crippen molar-refractivity contribution in [3.8, 4) is 0 Å². The van der Waals surface area contributed by atoms with Crippen LogP contribution in [-0.2, 0) is 17.0 Å². The van der Waals surface area contributed by atoms with E-state index in [0.29, 0.717) is 6.04 Å². The molecular formula is C13H16F3NOS. The van der Waals surface area contributed by atoms with Gasteiger partial charge in [-0.1, -0.05) is 6.07 Å². The molecule has 1 aromatic rings.